The number of benzene rings is 1. The number of alkyl halides is 3. The van der Waals surface area contributed by atoms with Crippen molar-refractivity contribution < 1.29 is 18.0 Å². The average Bonchev–Trinajstić information content (AvgIpc) is 2.85. The highest BCUT2D eigenvalue weighted by atomic mass is 32.2. The highest BCUT2D eigenvalue weighted by Crippen LogP contribution is 2.44. The normalized spacial score (nSPS) is 19.7. The van der Waals surface area contributed by atoms with E-state index in [2.05, 4.69) is 0 Å². The number of hydrogen-bond acceptors (Lipinski definition) is 2. The summed E-state index contributed by atoms with van der Waals surface area (Å²) in [6, 6.07) is 5.50. The van der Waals surface area contributed by atoms with Gasteiger partial charge in [0.25, 0.3) is 0 Å². The molecular formula is C14H16F3NOS. The number of carbonyl (C=O) groups is 1. The Hall–Kier alpha value is -1.17. The van der Waals surface area contributed by atoms with Gasteiger partial charge >= 0.3 is 6.18 Å². The zero-order valence-electron chi connectivity index (χ0n) is 11.3. The minimum atomic E-state index is -4.40. The van der Waals surface area contributed by atoms with Gasteiger partial charge in [0, 0.05) is 18.2 Å². The van der Waals surface area contributed by atoms with Crippen LogP contribution < -0.4 is 0 Å². The van der Waals surface area contributed by atoms with Crippen LogP contribution in [0.3, 0.4) is 0 Å². The Bertz CT molecular complexity index is 501. The fourth-order valence-electron chi connectivity index (χ4n) is 2.26. The van der Waals surface area contributed by atoms with Crippen LogP contribution in [0.5, 0.6) is 0 Å². The van der Waals surface area contributed by atoms with Gasteiger partial charge in [0.15, 0.2) is 0 Å². The van der Waals surface area contributed by atoms with Gasteiger partial charge in [-0.1, -0.05) is 32.0 Å². The van der Waals surface area contributed by atoms with Gasteiger partial charge in [0.1, 0.15) is 5.37 Å². The third-order valence-corrected chi connectivity index (χ3v) is 4.44. The van der Waals surface area contributed by atoms with E-state index in [0.717, 1.165) is 6.07 Å². The largest absolute Gasteiger partial charge is 0.416 e. The topological polar surface area (TPSA) is 20.3 Å². The summed E-state index contributed by atoms with van der Waals surface area (Å²) in [6.07, 6.45) is -4.40. The Balaban J connectivity index is 2.38. The first-order chi connectivity index (χ1) is 9.32. The second-order valence-electron chi connectivity index (χ2n) is 4.99. The van der Waals surface area contributed by atoms with Crippen molar-refractivity contribution >= 4 is 17.7 Å². The number of thioether (sulfide) groups is 1. The first-order valence-electron chi connectivity index (χ1n) is 6.40. The van der Waals surface area contributed by atoms with Gasteiger partial charge in [0.05, 0.1) is 5.56 Å². The van der Waals surface area contributed by atoms with E-state index in [1.54, 1.807) is 24.8 Å². The van der Waals surface area contributed by atoms with Gasteiger partial charge in [-0.15, -0.1) is 11.8 Å². The maximum Gasteiger partial charge on any atom is 0.416 e. The molecule has 0 bridgehead atoms. The lowest BCUT2D eigenvalue weighted by atomic mass is 10.1. The number of carbonyl (C=O) groups excluding carboxylic acids is 1. The monoisotopic (exact) mass is 303 g/mol. The van der Waals surface area contributed by atoms with E-state index in [1.807, 2.05) is 0 Å². The number of hydrogen-bond donors (Lipinski definition) is 0. The number of halogens is 3. The summed E-state index contributed by atoms with van der Waals surface area (Å²) in [4.78, 5) is 13.7. The molecule has 1 heterocycles. The molecule has 0 saturated carbocycles. The van der Waals surface area contributed by atoms with Crippen LogP contribution in [0.1, 0.15) is 30.3 Å². The lowest BCUT2D eigenvalue weighted by Gasteiger charge is -2.27. The van der Waals surface area contributed by atoms with Crippen LogP contribution in [0.4, 0.5) is 13.2 Å². The van der Waals surface area contributed by atoms with Crippen LogP contribution >= 0.6 is 11.8 Å². The molecule has 2 nitrogen and oxygen atoms in total. The Labute approximate surface area is 120 Å². The van der Waals surface area contributed by atoms with E-state index < -0.39 is 17.1 Å². The molecule has 20 heavy (non-hydrogen) atoms. The van der Waals surface area contributed by atoms with E-state index in [0.29, 0.717) is 12.3 Å². The third kappa shape index (κ3) is 2.95. The molecule has 0 radical (unpaired) electrons. The van der Waals surface area contributed by atoms with Crippen molar-refractivity contribution in [3.63, 3.8) is 0 Å². The number of nitrogens with zero attached hydrogens (tertiary/aromatic N) is 1. The molecule has 1 aliphatic rings. The minimum absolute atomic E-state index is 0.100. The number of amides is 1. The third-order valence-electron chi connectivity index (χ3n) is 3.20. The van der Waals surface area contributed by atoms with Gasteiger partial charge in [-0.3, -0.25) is 4.79 Å². The summed E-state index contributed by atoms with van der Waals surface area (Å²) in [5.74, 6) is 0.348. The van der Waals surface area contributed by atoms with Crippen LogP contribution in [-0.4, -0.2) is 23.1 Å². The molecule has 0 N–H and O–H groups in total. The quantitative estimate of drug-likeness (QED) is 0.825. The second-order valence-corrected chi connectivity index (χ2v) is 6.18. The molecule has 1 fully saturated rings. The van der Waals surface area contributed by atoms with E-state index in [-0.39, 0.29) is 17.4 Å². The molecule has 0 aromatic heterocycles. The fourth-order valence-corrected chi connectivity index (χ4v) is 3.56. The van der Waals surface area contributed by atoms with Crippen molar-refractivity contribution in [2.45, 2.75) is 25.4 Å². The lowest BCUT2D eigenvalue weighted by Crippen LogP contribution is -2.34. The lowest BCUT2D eigenvalue weighted by molar-refractivity contribution is -0.140. The summed E-state index contributed by atoms with van der Waals surface area (Å²) < 4.78 is 39.2. The summed E-state index contributed by atoms with van der Waals surface area (Å²) >= 11 is 1.38. The Morgan fingerprint density at radius 3 is 2.60 bits per heavy atom. The predicted molar refractivity (Wildman–Crippen MR) is 73.2 cm³/mol. The Kier molecular flexibility index (Phi) is 4.32. The van der Waals surface area contributed by atoms with Gasteiger partial charge in [0.2, 0.25) is 5.91 Å². The van der Waals surface area contributed by atoms with E-state index in [4.69, 9.17) is 0 Å². The Morgan fingerprint density at radius 1 is 1.35 bits per heavy atom. The summed E-state index contributed by atoms with van der Waals surface area (Å²) in [5.41, 5.74) is -0.475. The summed E-state index contributed by atoms with van der Waals surface area (Å²) in [6.45, 7) is 4.02. The van der Waals surface area contributed by atoms with Gasteiger partial charge in [-0.25, -0.2) is 0 Å². The first-order valence-corrected chi connectivity index (χ1v) is 7.45. The zero-order chi connectivity index (χ0) is 14.9. The second kappa shape index (κ2) is 5.68. The average molecular weight is 303 g/mol. The molecule has 1 unspecified atom stereocenters. The molecular weight excluding hydrogens is 287 g/mol. The minimum Gasteiger partial charge on any atom is -0.325 e. The highest BCUT2D eigenvalue weighted by molar-refractivity contribution is 7.99. The van der Waals surface area contributed by atoms with Crippen LogP contribution in [0.15, 0.2) is 24.3 Å². The smallest absolute Gasteiger partial charge is 0.325 e. The molecule has 1 aliphatic heterocycles. The van der Waals surface area contributed by atoms with Crippen LogP contribution in [0.2, 0.25) is 0 Å². The fraction of sp³-hybridized carbons (Fsp3) is 0.500. The maximum atomic E-state index is 13.1. The van der Waals surface area contributed by atoms with Crippen LogP contribution in [0.25, 0.3) is 0 Å². The summed E-state index contributed by atoms with van der Waals surface area (Å²) in [5, 5.41) is -0.539. The maximum absolute atomic E-state index is 13.1. The van der Waals surface area contributed by atoms with Gasteiger partial charge < -0.3 is 4.90 Å². The van der Waals surface area contributed by atoms with Crippen LogP contribution in [-0.2, 0) is 11.0 Å². The first kappa shape index (κ1) is 15.2. The molecule has 1 saturated heterocycles. The SMILES string of the molecule is CC(C)C(=O)N1CCSC1c1ccccc1C(F)(F)F. The van der Waals surface area contributed by atoms with Crippen molar-refractivity contribution in [3.8, 4) is 0 Å². The van der Waals surface area contributed by atoms with Crippen molar-refractivity contribution in [3.05, 3.63) is 35.4 Å². The van der Waals surface area contributed by atoms with Crippen molar-refractivity contribution in [2.24, 2.45) is 5.92 Å². The Morgan fingerprint density at radius 2 is 2.00 bits per heavy atom. The standard InChI is InChI=1S/C14H16F3NOS/c1-9(2)12(19)18-7-8-20-13(18)10-5-3-4-6-11(10)14(15,16)17/h3-6,9,13H,7-8H2,1-2H3. The van der Waals surface area contributed by atoms with Gasteiger partial charge in [-0.05, 0) is 11.6 Å². The van der Waals surface area contributed by atoms with E-state index in [9.17, 15) is 18.0 Å². The van der Waals surface area contributed by atoms with E-state index >= 15 is 0 Å². The van der Waals surface area contributed by atoms with E-state index in [1.165, 1.54) is 23.9 Å². The molecule has 1 amide bonds. The highest BCUT2D eigenvalue weighted by Gasteiger charge is 2.39. The zero-order valence-corrected chi connectivity index (χ0v) is 12.1. The molecule has 110 valence electrons. The van der Waals surface area contributed by atoms with Gasteiger partial charge in [-0.2, -0.15) is 13.2 Å². The molecule has 6 heteroatoms. The molecule has 1 aromatic rings. The molecule has 1 aromatic carbocycles. The van der Waals surface area contributed by atoms with Crippen molar-refractivity contribution in [2.75, 3.05) is 12.3 Å². The van der Waals surface area contributed by atoms with Crippen molar-refractivity contribution in [1.29, 1.82) is 0 Å². The molecule has 1 atom stereocenters. The molecule has 0 aliphatic carbocycles. The van der Waals surface area contributed by atoms with Crippen LogP contribution in [0, 0.1) is 5.92 Å². The summed E-state index contributed by atoms with van der Waals surface area (Å²) in [7, 11) is 0. The predicted octanol–water partition coefficient (Wildman–Crippen LogP) is 3.94. The molecule has 2 rings (SSSR count). The number of rotatable bonds is 2. The van der Waals surface area contributed by atoms with Crippen molar-refractivity contribution in [1.82, 2.24) is 4.90 Å². The molecule has 0 spiro atoms.